The largest absolute Gasteiger partial charge is 0.370 e. The molecule has 1 N–H and O–H groups in total. The van der Waals surface area contributed by atoms with Crippen molar-refractivity contribution >= 4 is 11.5 Å². The maximum atomic E-state index is 10.7. The zero-order valence-electron chi connectivity index (χ0n) is 11.7. The van der Waals surface area contributed by atoms with Crippen LogP contribution in [0.15, 0.2) is 24.3 Å². The minimum atomic E-state index is -0.422. The Morgan fingerprint density at radius 3 is 2.40 bits per heavy atom. The van der Waals surface area contributed by atoms with Gasteiger partial charge < -0.3 is 5.32 Å². The highest BCUT2D eigenvalue weighted by molar-refractivity contribution is 5.61. The Kier molecular flexibility index (Phi) is 3.93. The molecular weight excluding hydrogens is 256 g/mol. The summed E-state index contributed by atoms with van der Waals surface area (Å²) >= 11 is 0. The van der Waals surface area contributed by atoms with E-state index in [4.69, 9.17) is 0 Å². The molecule has 1 heterocycles. The molecular formula is C14H16N4O2. The molecule has 0 bridgehead atoms. The lowest BCUT2D eigenvalue weighted by atomic mass is 10.1. The summed E-state index contributed by atoms with van der Waals surface area (Å²) in [5, 5.41) is 13.8. The van der Waals surface area contributed by atoms with Crippen molar-refractivity contribution in [3.8, 4) is 11.4 Å². The number of benzene rings is 1. The first-order valence-corrected chi connectivity index (χ1v) is 6.37. The van der Waals surface area contributed by atoms with Crippen LogP contribution in [0.3, 0.4) is 0 Å². The van der Waals surface area contributed by atoms with Crippen LogP contribution in [0.4, 0.5) is 11.5 Å². The maximum absolute atomic E-state index is 10.7. The normalized spacial score (nSPS) is 10.3. The fourth-order valence-electron chi connectivity index (χ4n) is 1.83. The molecule has 0 saturated heterocycles. The molecule has 0 unspecified atom stereocenters. The standard InChI is InChI=1S/C14H16N4O2/c1-4-15-13-9(2)10(3)16-14(17-13)11-5-7-12(8-6-11)18(19)20/h5-8H,4H2,1-3H3,(H,15,16,17). The first kappa shape index (κ1) is 13.9. The van der Waals surface area contributed by atoms with Crippen LogP contribution in [0, 0.1) is 24.0 Å². The molecule has 0 aliphatic heterocycles. The van der Waals surface area contributed by atoms with Crippen molar-refractivity contribution in [3.05, 3.63) is 45.6 Å². The fraction of sp³-hybridized carbons (Fsp3) is 0.286. The summed E-state index contributed by atoms with van der Waals surface area (Å²) in [6, 6.07) is 6.25. The van der Waals surface area contributed by atoms with E-state index in [0.29, 0.717) is 5.82 Å². The van der Waals surface area contributed by atoms with Gasteiger partial charge >= 0.3 is 0 Å². The summed E-state index contributed by atoms with van der Waals surface area (Å²) in [4.78, 5) is 19.1. The summed E-state index contributed by atoms with van der Waals surface area (Å²) < 4.78 is 0. The number of nitrogens with one attached hydrogen (secondary N) is 1. The molecule has 1 aromatic carbocycles. The second kappa shape index (κ2) is 5.64. The van der Waals surface area contributed by atoms with E-state index >= 15 is 0 Å². The predicted molar refractivity (Wildman–Crippen MR) is 77.8 cm³/mol. The molecule has 0 spiro atoms. The summed E-state index contributed by atoms with van der Waals surface area (Å²) in [5.74, 6) is 1.37. The number of nitro benzene ring substituents is 1. The van der Waals surface area contributed by atoms with Gasteiger partial charge in [-0.1, -0.05) is 0 Å². The van der Waals surface area contributed by atoms with Gasteiger partial charge in [0.15, 0.2) is 5.82 Å². The van der Waals surface area contributed by atoms with Crippen molar-refractivity contribution in [1.29, 1.82) is 0 Å². The molecule has 0 aliphatic carbocycles. The molecule has 2 rings (SSSR count). The molecule has 104 valence electrons. The summed E-state index contributed by atoms with van der Waals surface area (Å²) in [5.41, 5.74) is 2.73. The Hall–Kier alpha value is -2.50. The first-order chi connectivity index (χ1) is 9.52. The predicted octanol–water partition coefficient (Wildman–Crippen LogP) is 3.10. The van der Waals surface area contributed by atoms with Gasteiger partial charge in [-0.3, -0.25) is 10.1 Å². The molecule has 2 aromatic rings. The van der Waals surface area contributed by atoms with Crippen LogP contribution in [0.2, 0.25) is 0 Å². The van der Waals surface area contributed by atoms with Crippen molar-refractivity contribution in [2.75, 3.05) is 11.9 Å². The highest BCUT2D eigenvalue weighted by Crippen LogP contribution is 2.23. The van der Waals surface area contributed by atoms with E-state index in [1.54, 1.807) is 12.1 Å². The second-order valence-corrected chi connectivity index (χ2v) is 4.44. The SMILES string of the molecule is CCNc1nc(-c2ccc([N+](=O)[O-])cc2)nc(C)c1C. The maximum Gasteiger partial charge on any atom is 0.269 e. The molecule has 6 nitrogen and oxygen atoms in total. The smallest absolute Gasteiger partial charge is 0.269 e. The number of nitro groups is 1. The molecule has 1 aromatic heterocycles. The average molecular weight is 272 g/mol. The summed E-state index contributed by atoms with van der Waals surface area (Å²) in [6.45, 7) is 6.67. The minimum Gasteiger partial charge on any atom is -0.370 e. The number of anilines is 1. The van der Waals surface area contributed by atoms with Crippen LogP contribution < -0.4 is 5.32 Å². The summed E-state index contributed by atoms with van der Waals surface area (Å²) in [7, 11) is 0. The molecule has 0 aliphatic rings. The Bertz CT molecular complexity index is 638. The second-order valence-electron chi connectivity index (χ2n) is 4.44. The quantitative estimate of drug-likeness (QED) is 0.683. The van der Waals surface area contributed by atoms with Crippen molar-refractivity contribution in [2.45, 2.75) is 20.8 Å². The minimum absolute atomic E-state index is 0.0597. The van der Waals surface area contributed by atoms with E-state index in [1.165, 1.54) is 12.1 Å². The average Bonchev–Trinajstić information content (AvgIpc) is 2.44. The molecule has 0 atom stereocenters. The number of rotatable bonds is 4. The van der Waals surface area contributed by atoms with Crippen LogP contribution in [0.1, 0.15) is 18.2 Å². The molecule has 0 radical (unpaired) electrons. The number of hydrogen-bond donors (Lipinski definition) is 1. The van der Waals surface area contributed by atoms with Gasteiger partial charge in [0.1, 0.15) is 5.82 Å². The van der Waals surface area contributed by atoms with Crippen LogP contribution in [-0.2, 0) is 0 Å². The van der Waals surface area contributed by atoms with Gasteiger partial charge in [-0.05, 0) is 32.9 Å². The molecule has 6 heteroatoms. The van der Waals surface area contributed by atoms with Crippen molar-refractivity contribution in [3.63, 3.8) is 0 Å². The van der Waals surface area contributed by atoms with Gasteiger partial charge in [0, 0.05) is 35.5 Å². The first-order valence-electron chi connectivity index (χ1n) is 6.37. The van der Waals surface area contributed by atoms with E-state index in [9.17, 15) is 10.1 Å². The van der Waals surface area contributed by atoms with Crippen LogP contribution in [0.25, 0.3) is 11.4 Å². The van der Waals surface area contributed by atoms with E-state index in [-0.39, 0.29) is 5.69 Å². The Morgan fingerprint density at radius 1 is 1.20 bits per heavy atom. The van der Waals surface area contributed by atoms with Gasteiger partial charge in [-0.2, -0.15) is 0 Å². The number of nitrogens with zero attached hydrogens (tertiary/aromatic N) is 3. The van der Waals surface area contributed by atoms with Crippen molar-refractivity contribution in [1.82, 2.24) is 9.97 Å². The van der Waals surface area contributed by atoms with E-state index in [0.717, 1.165) is 29.2 Å². The third-order valence-corrected chi connectivity index (χ3v) is 3.07. The third kappa shape index (κ3) is 2.74. The molecule has 0 saturated carbocycles. The number of hydrogen-bond acceptors (Lipinski definition) is 5. The highest BCUT2D eigenvalue weighted by atomic mass is 16.6. The Balaban J connectivity index is 2.44. The number of aryl methyl sites for hydroxylation is 1. The zero-order chi connectivity index (χ0) is 14.7. The lowest BCUT2D eigenvalue weighted by molar-refractivity contribution is -0.384. The Morgan fingerprint density at radius 2 is 1.85 bits per heavy atom. The van der Waals surface area contributed by atoms with Crippen LogP contribution >= 0.6 is 0 Å². The lowest BCUT2D eigenvalue weighted by Gasteiger charge is -2.11. The monoisotopic (exact) mass is 272 g/mol. The van der Waals surface area contributed by atoms with Crippen molar-refractivity contribution in [2.24, 2.45) is 0 Å². The van der Waals surface area contributed by atoms with Crippen LogP contribution in [0.5, 0.6) is 0 Å². The number of aromatic nitrogens is 2. The number of non-ortho nitro benzene ring substituents is 1. The zero-order valence-corrected chi connectivity index (χ0v) is 11.7. The van der Waals surface area contributed by atoms with Gasteiger partial charge in [-0.25, -0.2) is 9.97 Å². The van der Waals surface area contributed by atoms with Gasteiger partial charge in [0.05, 0.1) is 4.92 Å². The summed E-state index contributed by atoms with van der Waals surface area (Å²) in [6.07, 6.45) is 0. The van der Waals surface area contributed by atoms with Crippen LogP contribution in [-0.4, -0.2) is 21.4 Å². The molecule has 20 heavy (non-hydrogen) atoms. The fourth-order valence-corrected chi connectivity index (χ4v) is 1.83. The van der Waals surface area contributed by atoms with Gasteiger partial charge in [-0.15, -0.1) is 0 Å². The topological polar surface area (TPSA) is 81.0 Å². The van der Waals surface area contributed by atoms with Gasteiger partial charge in [0.2, 0.25) is 0 Å². The highest BCUT2D eigenvalue weighted by Gasteiger charge is 2.11. The van der Waals surface area contributed by atoms with Gasteiger partial charge in [0.25, 0.3) is 5.69 Å². The Labute approximate surface area is 117 Å². The lowest BCUT2D eigenvalue weighted by Crippen LogP contribution is -2.06. The van der Waals surface area contributed by atoms with Crippen molar-refractivity contribution < 1.29 is 4.92 Å². The van der Waals surface area contributed by atoms with E-state index < -0.39 is 4.92 Å². The van der Waals surface area contributed by atoms with E-state index in [2.05, 4.69) is 15.3 Å². The van der Waals surface area contributed by atoms with E-state index in [1.807, 2.05) is 20.8 Å². The molecule has 0 amide bonds. The third-order valence-electron chi connectivity index (χ3n) is 3.07. The molecule has 0 fully saturated rings.